The molecule has 0 heterocycles. The standard InChI is InChI=1S/C18H16ClF2NO3/c1-3-11-4-6-12(7-5-11)22-17(23)10(2)25-18(24)13-8-15(20)16(21)9-14(13)19/h4-10H,3H2,1-2H3,(H,22,23). The molecular formula is C18H16ClF2NO3. The first-order chi connectivity index (χ1) is 11.8. The average Bonchev–Trinajstić information content (AvgIpc) is 2.58. The van der Waals surface area contributed by atoms with E-state index < -0.39 is 29.6 Å². The summed E-state index contributed by atoms with van der Waals surface area (Å²) in [7, 11) is 0. The molecule has 132 valence electrons. The van der Waals surface area contributed by atoms with Crippen LogP contribution in [-0.2, 0) is 16.0 Å². The van der Waals surface area contributed by atoms with Crippen LogP contribution in [0.4, 0.5) is 14.5 Å². The highest BCUT2D eigenvalue weighted by Gasteiger charge is 2.22. The molecule has 0 aliphatic carbocycles. The third-order valence-electron chi connectivity index (χ3n) is 3.51. The van der Waals surface area contributed by atoms with Gasteiger partial charge in [0.05, 0.1) is 10.6 Å². The van der Waals surface area contributed by atoms with Crippen molar-refractivity contribution in [3.05, 3.63) is 64.2 Å². The summed E-state index contributed by atoms with van der Waals surface area (Å²) in [5, 5.41) is 2.30. The summed E-state index contributed by atoms with van der Waals surface area (Å²) in [4.78, 5) is 24.1. The maximum absolute atomic E-state index is 13.2. The summed E-state index contributed by atoms with van der Waals surface area (Å²) >= 11 is 5.71. The Morgan fingerprint density at radius 3 is 2.36 bits per heavy atom. The van der Waals surface area contributed by atoms with Gasteiger partial charge in [0.25, 0.3) is 5.91 Å². The lowest BCUT2D eigenvalue weighted by Gasteiger charge is -2.14. The van der Waals surface area contributed by atoms with Crippen LogP contribution in [0.5, 0.6) is 0 Å². The number of aryl methyl sites for hydroxylation is 1. The molecule has 25 heavy (non-hydrogen) atoms. The largest absolute Gasteiger partial charge is 0.449 e. The summed E-state index contributed by atoms with van der Waals surface area (Å²) in [5.41, 5.74) is 1.31. The number of ether oxygens (including phenoxy) is 1. The number of carbonyl (C=O) groups excluding carboxylic acids is 2. The molecule has 0 saturated carbocycles. The van der Waals surface area contributed by atoms with Crippen molar-refractivity contribution in [2.24, 2.45) is 0 Å². The van der Waals surface area contributed by atoms with Crippen molar-refractivity contribution in [2.75, 3.05) is 5.32 Å². The maximum atomic E-state index is 13.2. The van der Waals surface area contributed by atoms with E-state index in [0.717, 1.165) is 12.0 Å². The lowest BCUT2D eigenvalue weighted by Crippen LogP contribution is -2.30. The van der Waals surface area contributed by atoms with Crippen LogP contribution >= 0.6 is 11.6 Å². The van der Waals surface area contributed by atoms with Crippen LogP contribution in [-0.4, -0.2) is 18.0 Å². The van der Waals surface area contributed by atoms with E-state index in [4.69, 9.17) is 16.3 Å². The normalized spacial score (nSPS) is 11.7. The highest BCUT2D eigenvalue weighted by Crippen LogP contribution is 2.21. The zero-order chi connectivity index (χ0) is 18.6. The van der Waals surface area contributed by atoms with Gasteiger partial charge in [-0.3, -0.25) is 4.79 Å². The molecule has 0 fully saturated rings. The molecule has 0 radical (unpaired) electrons. The number of carbonyl (C=O) groups is 2. The number of benzene rings is 2. The number of hydrogen-bond acceptors (Lipinski definition) is 3. The molecule has 2 rings (SSSR count). The van der Waals surface area contributed by atoms with Gasteiger partial charge in [-0.25, -0.2) is 13.6 Å². The minimum atomic E-state index is -1.23. The lowest BCUT2D eigenvalue weighted by molar-refractivity contribution is -0.123. The number of rotatable bonds is 5. The fourth-order valence-electron chi connectivity index (χ4n) is 2.02. The summed E-state index contributed by atoms with van der Waals surface area (Å²) in [5.74, 6) is -3.99. The highest BCUT2D eigenvalue weighted by atomic mass is 35.5. The van der Waals surface area contributed by atoms with Gasteiger partial charge in [0.15, 0.2) is 17.7 Å². The molecule has 0 aromatic heterocycles. The molecule has 2 aromatic rings. The Morgan fingerprint density at radius 2 is 1.76 bits per heavy atom. The Morgan fingerprint density at radius 1 is 1.16 bits per heavy atom. The van der Waals surface area contributed by atoms with Gasteiger partial charge >= 0.3 is 5.97 Å². The monoisotopic (exact) mass is 367 g/mol. The van der Waals surface area contributed by atoms with E-state index in [2.05, 4.69) is 5.32 Å². The second-order valence-corrected chi connectivity index (χ2v) is 5.74. The number of amides is 1. The highest BCUT2D eigenvalue weighted by molar-refractivity contribution is 6.33. The fraction of sp³-hybridized carbons (Fsp3) is 0.222. The van der Waals surface area contributed by atoms with Crippen molar-refractivity contribution in [3.8, 4) is 0 Å². The van der Waals surface area contributed by atoms with E-state index in [-0.39, 0.29) is 10.6 Å². The summed E-state index contributed by atoms with van der Waals surface area (Å²) < 4.78 is 31.2. The summed E-state index contributed by atoms with van der Waals surface area (Å²) in [6.45, 7) is 3.37. The predicted molar refractivity (Wildman–Crippen MR) is 90.7 cm³/mol. The molecule has 1 atom stereocenters. The smallest absolute Gasteiger partial charge is 0.340 e. The van der Waals surface area contributed by atoms with Crippen LogP contribution in [0.15, 0.2) is 36.4 Å². The van der Waals surface area contributed by atoms with E-state index in [1.54, 1.807) is 12.1 Å². The minimum absolute atomic E-state index is 0.299. The Bertz CT molecular complexity index is 794. The zero-order valence-electron chi connectivity index (χ0n) is 13.6. The minimum Gasteiger partial charge on any atom is -0.449 e. The molecule has 7 heteroatoms. The fourth-order valence-corrected chi connectivity index (χ4v) is 2.25. The molecule has 0 aliphatic heterocycles. The van der Waals surface area contributed by atoms with E-state index in [1.165, 1.54) is 6.92 Å². The van der Waals surface area contributed by atoms with Crippen molar-refractivity contribution >= 4 is 29.2 Å². The van der Waals surface area contributed by atoms with Crippen LogP contribution in [0.1, 0.15) is 29.8 Å². The molecule has 1 unspecified atom stereocenters. The van der Waals surface area contributed by atoms with Crippen LogP contribution in [0.3, 0.4) is 0 Å². The predicted octanol–water partition coefficient (Wildman–Crippen LogP) is 4.36. The number of hydrogen-bond donors (Lipinski definition) is 1. The van der Waals surface area contributed by atoms with Gasteiger partial charge in [0.1, 0.15) is 0 Å². The number of esters is 1. The van der Waals surface area contributed by atoms with E-state index in [1.807, 2.05) is 19.1 Å². The van der Waals surface area contributed by atoms with Gasteiger partial charge in [0, 0.05) is 5.69 Å². The van der Waals surface area contributed by atoms with Gasteiger partial charge in [0.2, 0.25) is 0 Å². The Kier molecular flexibility index (Phi) is 6.09. The summed E-state index contributed by atoms with van der Waals surface area (Å²) in [6.07, 6.45) is -0.278. The van der Waals surface area contributed by atoms with Gasteiger partial charge in [-0.05, 0) is 43.2 Å². The lowest BCUT2D eigenvalue weighted by atomic mass is 10.1. The van der Waals surface area contributed by atoms with E-state index in [9.17, 15) is 18.4 Å². The average molecular weight is 368 g/mol. The molecule has 0 saturated heterocycles. The topological polar surface area (TPSA) is 55.4 Å². The number of anilines is 1. The van der Waals surface area contributed by atoms with E-state index in [0.29, 0.717) is 17.8 Å². The molecule has 0 spiro atoms. The van der Waals surface area contributed by atoms with Crippen molar-refractivity contribution in [3.63, 3.8) is 0 Å². The van der Waals surface area contributed by atoms with Crippen LogP contribution in [0, 0.1) is 11.6 Å². The molecule has 4 nitrogen and oxygen atoms in total. The second kappa shape index (κ2) is 8.07. The Balaban J connectivity index is 2.02. The molecule has 0 aliphatic rings. The summed E-state index contributed by atoms with van der Waals surface area (Å²) in [6, 6.07) is 8.51. The third-order valence-corrected chi connectivity index (χ3v) is 3.83. The first kappa shape index (κ1) is 18.9. The van der Waals surface area contributed by atoms with Gasteiger partial charge in [-0.1, -0.05) is 30.7 Å². The third kappa shape index (κ3) is 4.76. The van der Waals surface area contributed by atoms with Crippen LogP contribution in [0.25, 0.3) is 0 Å². The first-order valence-corrected chi connectivity index (χ1v) is 7.95. The van der Waals surface area contributed by atoms with Gasteiger partial charge < -0.3 is 10.1 Å². The molecule has 1 N–H and O–H groups in total. The quantitative estimate of drug-likeness (QED) is 0.631. The number of halogens is 3. The number of nitrogens with one attached hydrogen (secondary N) is 1. The Hall–Kier alpha value is -2.47. The van der Waals surface area contributed by atoms with Crippen molar-refractivity contribution in [1.82, 2.24) is 0 Å². The Labute approximate surface area is 148 Å². The molecular weight excluding hydrogens is 352 g/mol. The first-order valence-electron chi connectivity index (χ1n) is 7.57. The second-order valence-electron chi connectivity index (χ2n) is 5.33. The molecule has 2 aromatic carbocycles. The van der Waals surface area contributed by atoms with Crippen molar-refractivity contribution in [2.45, 2.75) is 26.4 Å². The van der Waals surface area contributed by atoms with Gasteiger partial charge in [-0.15, -0.1) is 0 Å². The van der Waals surface area contributed by atoms with Crippen LogP contribution < -0.4 is 5.32 Å². The SMILES string of the molecule is CCc1ccc(NC(=O)C(C)OC(=O)c2cc(F)c(F)cc2Cl)cc1. The van der Waals surface area contributed by atoms with Crippen LogP contribution in [0.2, 0.25) is 5.02 Å². The maximum Gasteiger partial charge on any atom is 0.340 e. The molecule has 0 bridgehead atoms. The van der Waals surface area contributed by atoms with Gasteiger partial charge in [-0.2, -0.15) is 0 Å². The molecule has 1 amide bonds. The van der Waals surface area contributed by atoms with Crippen molar-refractivity contribution < 1.29 is 23.1 Å². The zero-order valence-corrected chi connectivity index (χ0v) is 14.4. The van der Waals surface area contributed by atoms with Crippen molar-refractivity contribution in [1.29, 1.82) is 0 Å². The van der Waals surface area contributed by atoms with E-state index >= 15 is 0 Å².